The van der Waals surface area contributed by atoms with E-state index in [1.54, 1.807) is 6.92 Å². The Balaban J connectivity index is 1.67. The number of carbonyl (C=O) groups excluding carboxylic acids is 3. The number of hydrogen-bond acceptors (Lipinski definition) is 10. The molecule has 5 rings (SSSR count). The van der Waals surface area contributed by atoms with Crippen molar-refractivity contribution in [3.63, 3.8) is 0 Å². The quantitative estimate of drug-likeness (QED) is 0.159. The lowest BCUT2D eigenvalue weighted by atomic mass is 9.67. The number of nitrogens with zero attached hydrogens (tertiary/aromatic N) is 3. The average Bonchev–Trinajstić information content (AvgIpc) is 2.91. The van der Waals surface area contributed by atoms with Crippen molar-refractivity contribution in [2.45, 2.75) is 75.4 Å². The summed E-state index contributed by atoms with van der Waals surface area (Å²) in [6.07, 6.45) is -2.69. The fourth-order valence-corrected chi connectivity index (χ4v) is 6.39. The molecule has 1 aliphatic heterocycles. The molecule has 3 aliphatic rings. The predicted molar refractivity (Wildman–Crippen MR) is 139 cm³/mol. The third-order valence-corrected chi connectivity index (χ3v) is 8.41. The van der Waals surface area contributed by atoms with Gasteiger partial charge in [-0.2, -0.15) is 0 Å². The summed E-state index contributed by atoms with van der Waals surface area (Å²) in [6, 6.07) is 3.67. The Hall–Kier alpha value is -3.96. The summed E-state index contributed by atoms with van der Waals surface area (Å²) >= 11 is 0. The molecule has 1 saturated heterocycles. The zero-order chi connectivity index (χ0) is 29.1. The summed E-state index contributed by atoms with van der Waals surface area (Å²) in [5.74, 6) is -3.77. The standard InChI is InChI=1S/C28H29N3O9/c1-11-23(33)17(30-31-29)8-14(40-11)7-13-9-28(38,12(2)32)10-16-19(13)26(36)22-21(25(16)35)24(34)15-5-4-6-18(39-3)20(15)27(22)37/h4-6,11,13-14,17,23,33,35-36,38H,7-10H2,1-3H3/t11?,13-,14?,17?,23?,28+/m0/s1. The summed E-state index contributed by atoms with van der Waals surface area (Å²) in [7, 11) is 1.34. The van der Waals surface area contributed by atoms with Crippen LogP contribution >= 0.6 is 0 Å². The van der Waals surface area contributed by atoms with Crippen LogP contribution in [0.5, 0.6) is 17.2 Å². The maximum absolute atomic E-state index is 13.7. The van der Waals surface area contributed by atoms with E-state index in [4.69, 9.17) is 15.0 Å². The molecule has 0 aromatic heterocycles. The van der Waals surface area contributed by atoms with E-state index in [2.05, 4.69) is 10.0 Å². The summed E-state index contributed by atoms with van der Waals surface area (Å²) in [5, 5.41) is 48.4. The van der Waals surface area contributed by atoms with Gasteiger partial charge in [-0.25, -0.2) is 0 Å². The largest absolute Gasteiger partial charge is 0.507 e. The number of benzene rings is 2. The molecule has 12 nitrogen and oxygen atoms in total. The molecule has 0 radical (unpaired) electrons. The lowest BCUT2D eigenvalue weighted by Crippen LogP contribution is -2.48. The topological polar surface area (TPSA) is 199 Å². The van der Waals surface area contributed by atoms with Crippen molar-refractivity contribution in [1.29, 1.82) is 0 Å². The van der Waals surface area contributed by atoms with Gasteiger partial charge in [0.25, 0.3) is 0 Å². The molecule has 12 heteroatoms. The first-order valence-corrected chi connectivity index (χ1v) is 12.9. The first-order valence-electron chi connectivity index (χ1n) is 12.9. The van der Waals surface area contributed by atoms with Crippen LogP contribution in [0, 0.1) is 0 Å². The third-order valence-electron chi connectivity index (χ3n) is 8.41. The lowest BCUT2D eigenvalue weighted by molar-refractivity contribution is -0.139. The van der Waals surface area contributed by atoms with Crippen LogP contribution < -0.4 is 4.74 Å². The van der Waals surface area contributed by atoms with Crippen molar-refractivity contribution in [2.75, 3.05) is 7.11 Å². The van der Waals surface area contributed by atoms with Gasteiger partial charge in [-0.15, -0.1) is 0 Å². The number of rotatable bonds is 5. The van der Waals surface area contributed by atoms with Gasteiger partial charge >= 0.3 is 0 Å². The van der Waals surface area contributed by atoms with Crippen molar-refractivity contribution in [3.8, 4) is 17.2 Å². The molecule has 2 aromatic rings. The number of phenols is 2. The normalized spacial score (nSPS) is 29.1. The monoisotopic (exact) mass is 551 g/mol. The van der Waals surface area contributed by atoms with E-state index < -0.39 is 70.3 Å². The maximum Gasteiger partial charge on any atom is 0.202 e. The Labute approximate surface area is 228 Å². The zero-order valence-corrected chi connectivity index (χ0v) is 22.1. The van der Waals surface area contributed by atoms with Gasteiger partial charge in [0.05, 0.1) is 48.2 Å². The summed E-state index contributed by atoms with van der Waals surface area (Å²) in [4.78, 5) is 42.6. The number of methoxy groups -OCH3 is 1. The van der Waals surface area contributed by atoms with E-state index in [0.29, 0.717) is 0 Å². The minimum Gasteiger partial charge on any atom is -0.507 e. The van der Waals surface area contributed by atoms with Crippen LogP contribution in [0.25, 0.3) is 10.4 Å². The van der Waals surface area contributed by atoms with Gasteiger partial charge in [0, 0.05) is 28.0 Å². The van der Waals surface area contributed by atoms with E-state index in [9.17, 15) is 34.8 Å². The van der Waals surface area contributed by atoms with Gasteiger partial charge < -0.3 is 29.9 Å². The summed E-state index contributed by atoms with van der Waals surface area (Å²) in [6.45, 7) is 2.83. The van der Waals surface area contributed by atoms with E-state index >= 15 is 0 Å². The van der Waals surface area contributed by atoms with Crippen LogP contribution in [0.4, 0.5) is 0 Å². The van der Waals surface area contributed by atoms with Crippen LogP contribution in [0.2, 0.25) is 0 Å². The summed E-state index contributed by atoms with van der Waals surface area (Å²) in [5.41, 5.74) is 6.30. The number of aliphatic hydroxyl groups is 2. The van der Waals surface area contributed by atoms with Gasteiger partial charge in [0.15, 0.2) is 11.6 Å². The molecule has 1 fully saturated rings. The van der Waals surface area contributed by atoms with Crippen molar-refractivity contribution >= 4 is 17.3 Å². The number of ether oxygens (including phenoxy) is 2. The smallest absolute Gasteiger partial charge is 0.202 e. The van der Waals surface area contributed by atoms with Gasteiger partial charge in [-0.1, -0.05) is 17.2 Å². The van der Waals surface area contributed by atoms with Crippen LogP contribution in [0.3, 0.4) is 0 Å². The molecule has 0 bridgehead atoms. The number of aliphatic hydroxyl groups excluding tert-OH is 1. The molecule has 4 unspecified atom stereocenters. The van der Waals surface area contributed by atoms with Crippen LogP contribution in [-0.2, 0) is 16.0 Å². The SMILES string of the molecule is COc1cccc2c1C(=O)c1c(O)c3c(c(O)c1C2=O)C[C@@](O)(C(C)=O)C[C@@H]3CC1CC(N=[N+]=[N-])C(O)C(C)O1. The third kappa shape index (κ3) is 4.11. The summed E-state index contributed by atoms with van der Waals surface area (Å²) < 4.78 is 11.2. The van der Waals surface area contributed by atoms with E-state index in [-0.39, 0.29) is 59.3 Å². The molecule has 0 spiro atoms. The highest BCUT2D eigenvalue weighted by molar-refractivity contribution is 6.31. The lowest BCUT2D eigenvalue weighted by Gasteiger charge is -2.42. The van der Waals surface area contributed by atoms with E-state index in [0.717, 1.165) is 0 Å². The molecule has 0 amide bonds. The van der Waals surface area contributed by atoms with E-state index in [1.807, 2.05) is 0 Å². The highest BCUT2D eigenvalue weighted by Crippen LogP contribution is 2.53. The van der Waals surface area contributed by atoms with Gasteiger partial charge in [0.1, 0.15) is 22.8 Å². The Kier molecular flexibility index (Phi) is 6.83. The first-order chi connectivity index (χ1) is 18.9. The van der Waals surface area contributed by atoms with E-state index in [1.165, 1.54) is 32.2 Å². The number of phenolic OH excluding ortho intramolecular Hbond substituents is 2. The van der Waals surface area contributed by atoms with Crippen molar-refractivity contribution < 1.29 is 44.3 Å². The van der Waals surface area contributed by atoms with Crippen molar-refractivity contribution in [2.24, 2.45) is 5.11 Å². The van der Waals surface area contributed by atoms with Crippen molar-refractivity contribution in [1.82, 2.24) is 0 Å². The molecule has 1 heterocycles. The average molecular weight is 552 g/mol. The number of Topliss-reactive ketones (excluding diaryl/α,β-unsaturated/α-hetero) is 1. The highest BCUT2D eigenvalue weighted by Gasteiger charge is 2.48. The van der Waals surface area contributed by atoms with Crippen molar-refractivity contribution in [3.05, 3.63) is 62.0 Å². The highest BCUT2D eigenvalue weighted by atomic mass is 16.5. The molecular weight excluding hydrogens is 522 g/mol. The molecule has 4 N–H and O–H groups in total. The van der Waals surface area contributed by atoms with Crippen LogP contribution in [0.15, 0.2) is 23.3 Å². The molecule has 6 atom stereocenters. The Morgan fingerprint density at radius 1 is 1.20 bits per heavy atom. The van der Waals surface area contributed by atoms with Crippen LogP contribution in [0.1, 0.15) is 82.0 Å². The number of carbonyl (C=O) groups is 3. The minimum atomic E-state index is -1.93. The minimum absolute atomic E-state index is 0.00631. The Morgan fingerprint density at radius 2 is 1.90 bits per heavy atom. The molecule has 210 valence electrons. The van der Waals surface area contributed by atoms with Gasteiger partial charge in [-0.05, 0) is 50.6 Å². The second-order valence-corrected chi connectivity index (χ2v) is 10.7. The number of azide groups is 1. The fourth-order valence-electron chi connectivity index (χ4n) is 6.39. The number of aromatic hydroxyl groups is 2. The van der Waals surface area contributed by atoms with Gasteiger partial charge in [0.2, 0.25) is 5.78 Å². The number of fused-ring (bicyclic) bond motifs is 3. The predicted octanol–water partition coefficient (Wildman–Crippen LogP) is 2.84. The van der Waals surface area contributed by atoms with Gasteiger partial charge in [-0.3, -0.25) is 14.4 Å². The second kappa shape index (κ2) is 9.90. The number of hydrogen-bond donors (Lipinski definition) is 4. The number of ketones is 3. The molecule has 2 aromatic carbocycles. The molecule has 0 saturated carbocycles. The molecular formula is C28H29N3O9. The fraction of sp³-hybridized carbons (Fsp3) is 0.464. The second-order valence-electron chi connectivity index (χ2n) is 10.7. The Morgan fingerprint density at radius 3 is 2.55 bits per heavy atom. The van der Waals surface area contributed by atoms with Crippen LogP contribution in [-0.4, -0.2) is 74.8 Å². The Bertz CT molecular complexity index is 1500. The molecule has 2 aliphatic carbocycles. The maximum atomic E-state index is 13.7. The first kappa shape index (κ1) is 27.6. The zero-order valence-electron chi connectivity index (χ0n) is 22.1. The molecule has 40 heavy (non-hydrogen) atoms.